The van der Waals surface area contributed by atoms with E-state index in [4.69, 9.17) is 5.73 Å². The summed E-state index contributed by atoms with van der Waals surface area (Å²) in [5.41, 5.74) is 11.0. The SMILES string of the molecule is Cc1c(C(N)=O)cccc1-c1ccc(CNC2CCC(C)(C)CC2)cc1. The van der Waals surface area contributed by atoms with E-state index in [0.29, 0.717) is 17.0 Å². The molecule has 1 amide bonds. The minimum atomic E-state index is -0.374. The van der Waals surface area contributed by atoms with Gasteiger partial charge in [-0.05, 0) is 66.3 Å². The fourth-order valence-corrected chi connectivity index (χ4v) is 3.88. The van der Waals surface area contributed by atoms with Gasteiger partial charge in [-0.3, -0.25) is 4.79 Å². The number of hydrogen-bond donors (Lipinski definition) is 2. The van der Waals surface area contributed by atoms with Crippen LogP contribution < -0.4 is 11.1 Å². The Balaban J connectivity index is 1.64. The smallest absolute Gasteiger partial charge is 0.248 e. The van der Waals surface area contributed by atoms with Crippen LogP contribution in [0.15, 0.2) is 42.5 Å². The number of amides is 1. The van der Waals surface area contributed by atoms with Gasteiger partial charge in [0.25, 0.3) is 0 Å². The first-order valence-corrected chi connectivity index (χ1v) is 9.58. The molecule has 3 nitrogen and oxygen atoms in total. The highest BCUT2D eigenvalue weighted by molar-refractivity contribution is 5.96. The Kier molecular flexibility index (Phi) is 5.47. The quantitative estimate of drug-likeness (QED) is 0.812. The van der Waals surface area contributed by atoms with Gasteiger partial charge < -0.3 is 11.1 Å². The lowest BCUT2D eigenvalue weighted by Crippen LogP contribution is -2.35. The lowest BCUT2D eigenvalue weighted by molar-refractivity contribution is 0.1000. The van der Waals surface area contributed by atoms with Crippen LogP contribution in [-0.4, -0.2) is 11.9 Å². The zero-order chi connectivity index (χ0) is 18.7. The van der Waals surface area contributed by atoms with E-state index < -0.39 is 0 Å². The number of nitrogens with one attached hydrogen (secondary N) is 1. The standard InChI is InChI=1S/C23H30N2O/c1-16-20(5-4-6-21(16)22(24)26)18-9-7-17(8-10-18)15-25-19-11-13-23(2,3)14-12-19/h4-10,19,25H,11-15H2,1-3H3,(H2,24,26). The average Bonchev–Trinajstić information content (AvgIpc) is 2.61. The summed E-state index contributed by atoms with van der Waals surface area (Å²) in [7, 11) is 0. The number of primary amides is 1. The third-order valence-corrected chi connectivity index (χ3v) is 5.80. The van der Waals surface area contributed by atoms with E-state index in [9.17, 15) is 4.79 Å². The van der Waals surface area contributed by atoms with Gasteiger partial charge in [-0.1, -0.05) is 50.2 Å². The van der Waals surface area contributed by atoms with Crippen LogP contribution >= 0.6 is 0 Å². The van der Waals surface area contributed by atoms with Gasteiger partial charge in [0.2, 0.25) is 5.91 Å². The van der Waals surface area contributed by atoms with Crippen molar-refractivity contribution in [3.8, 4) is 11.1 Å². The molecule has 26 heavy (non-hydrogen) atoms. The van der Waals surface area contributed by atoms with Gasteiger partial charge in [-0.25, -0.2) is 0 Å². The van der Waals surface area contributed by atoms with Gasteiger partial charge in [0.15, 0.2) is 0 Å². The molecule has 3 N–H and O–H groups in total. The normalized spacial score (nSPS) is 17.2. The molecule has 0 heterocycles. The van der Waals surface area contributed by atoms with Crippen LogP contribution in [-0.2, 0) is 6.54 Å². The zero-order valence-electron chi connectivity index (χ0n) is 16.1. The molecule has 1 aliphatic carbocycles. The van der Waals surface area contributed by atoms with E-state index in [1.807, 2.05) is 19.1 Å². The van der Waals surface area contributed by atoms with Crippen molar-refractivity contribution in [3.63, 3.8) is 0 Å². The summed E-state index contributed by atoms with van der Waals surface area (Å²) in [6, 6.07) is 15.0. The first kappa shape index (κ1) is 18.7. The van der Waals surface area contributed by atoms with E-state index in [-0.39, 0.29) is 5.91 Å². The van der Waals surface area contributed by atoms with Crippen LogP contribution in [0.1, 0.15) is 61.0 Å². The van der Waals surface area contributed by atoms with Crippen LogP contribution in [0.3, 0.4) is 0 Å². The predicted octanol–water partition coefficient (Wildman–Crippen LogP) is 4.82. The summed E-state index contributed by atoms with van der Waals surface area (Å²) < 4.78 is 0. The predicted molar refractivity (Wildman–Crippen MR) is 108 cm³/mol. The number of nitrogens with two attached hydrogens (primary N) is 1. The van der Waals surface area contributed by atoms with Crippen molar-refractivity contribution in [2.45, 2.75) is 59.0 Å². The van der Waals surface area contributed by atoms with Gasteiger partial charge >= 0.3 is 0 Å². The Hall–Kier alpha value is -2.13. The van der Waals surface area contributed by atoms with Crippen LogP contribution in [0.25, 0.3) is 11.1 Å². The minimum Gasteiger partial charge on any atom is -0.366 e. The minimum absolute atomic E-state index is 0.374. The molecule has 0 spiro atoms. The molecule has 0 saturated heterocycles. The van der Waals surface area contributed by atoms with E-state index in [2.05, 4.69) is 43.4 Å². The molecule has 1 saturated carbocycles. The van der Waals surface area contributed by atoms with Crippen LogP contribution in [0.2, 0.25) is 0 Å². The number of carbonyl (C=O) groups excluding carboxylic acids is 1. The number of carbonyl (C=O) groups is 1. The highest BCUT2D eigenvalue weighted by Gasteiger charge is 2.26. The second-order valence-electron chi connectivity index (χ2n) is 8.36. The highest BCUT2D eigenvalue weighted by Crippen LogP contribution is 2.35. The van der Waals surface area contributed by atoms with E-state index in [1.165, 1.54) is 31.2 Å². The van der Waals surface area contributed by atoms with Crippen molar-refractivity contribution >= 4 is 5.91 Å². The Labute approximate surface area is 157 Å². The van der Waals surface area contributed by atoms with Crippen LogP contribution in [0, 0.1) is 12.3 Å². The molecule has 138 valence electrons. The molecule has 0 aliphatic heterocycles. The number of rotatable bonds is 5. The molecule has 0 unspecified atom stereocenters. The fraction of sp³-hybridized carbons (Fsp3) is 0.435. The first-order valence-electron chi connectivity index (χ1n) is 9.58. The molecule has 0 radical (unpaired) electrons. The summed E-state index contributed by atoms with van der Waals surface area (Å²) in [6.07, 6.45) is 5.15. The molecule has 3 rings (SSSR count). The molecule has 2 aromatic carbocycles. The maximum absolute atomic E-state index is 11.5. The number of benzene rings is 2. The monoisotopic (exact) mass is 350 g/mol. The lowest BCUT2D eigenvalue weighted by atomic mass is 9.75. The molecule has 1 fully saturated rings. The third kappa shape index (κ3) is 4.34. The second-order valence-corrected chi connectivity index (χ2v) is 8.36. The second kappa shape index (κ2) is 7.63. The molecule has 3 heteroatoms. The van der Waals surface area contributed by atoms with Crippen molar-refractivity contribution < 1.29 is 4.79 Å². The number of hydrogen-bond acceptors (Lipinski definition) is 2. The summed E-state index contributed by atoms with van der Waals surface area (Å²) in [6.45, 7) is 7.61. The topological polar surface area (TPSA) is 55.1 Å². The van der Waals surface area contributed by atoms with Crippen LogP contribution in [0.5, 0.6) is 0 Å². The summed E-state index contributed by atoms with van der Waals surface area (Å²) in [4.78, 5) is 11.5. The molecular weight excluding hydrogens is 320 g/mol. The first-order chi connectivity index (χ1) is 12.4. The van der Waals surface area contributed by atoms with Gasteiger partial charge in [0.1, 0.15) is 0 Å². The average molecular weight is 351 g/mol. The highest BCUT2D eigenvalue weighted by atomic mass is 16.1. The van der Waals surface area contributed by atoms with Crippen molar-refractivity contribution in [1.29, 1.82) is 0 Å². The molecule has 2 aromatic rings. The Morgan fingerprint density at radius 3 is 2.38 bits per heavy atom. The summed E-state index contributed by atoms with van der Waals surface area (Å²) in [5.74, 6) is -0.374. The van der Waals surface area contributed by atoms with Gasteiger partial charge in [0, 0.05) is 18.2 Å². The van der Waals surface area contributed by atoms with E-state index in [0.717, 1.165) is 23.2 Å². The van der Waals surface area contributed by atoms with Crippen molar-refractivity contribution in [2.75, 3.05) is 0 Å². The molecule has 1 aliphatic rings. The van der Waals surface area contributed by atoms with Gasteiger partial charge in [0.05, 0.1) is 0 Å². The Bertz CT molecular complexity index is 767. The fourth-order valence-electron chi connectivity index (χ4n) is 3.88. The van der Waals surface area contributed by atoms with Crippen molar-refractivity contribution in [3.05, 3.63) is 59.2 Å². The Morgan fingerprint density at radius 1 is 1.12 bits per heavy atom. The molecule has 0 atom stereocenters. The lowest BCUT2D eigenvalue weighted by Gasteiger charge is -2.34. The van der Waals surface area contributed by atoms with Crippen LogP contribution in [0.4, 0.5) is 0 Å². The maximum atomic E-state index is 11.5. The van der Waals surface area contributed by atoms with Crippen molar-refractivity contribution in [1.82, 2.24) is 5.32 Å². The zero-order valence-corrected chi connectivity index (χ0v) is 16.1. The molecule has 0 aromatic heterocycles. The van der Waals surface area contributed by atoms with Crippen molar-refractivity contribution in [2.24, 2.45) is 11.1 Å². The van der Waals surface area contributed by atoms with Gasteiger partial charge in [-0.2, -0.15) is 0 Å². The largest absolute Gasteiger partial charge is 0.366 e. The molecule has 0 bridgehead atoms. The van der Waals surface area contributed by atoms with Gasteiger partial charge in [-0.15, -0.1) is 0 Å². The molecular formula is C23H30N2O. The van der Waals surface area contributed by atoms with E-state index in [1.54, 1.807) is 6.07 Å². The summed E-state index contributed by atoms with van der Waals surface area (Å²) in [5, 5.41) is 3.71. The summed E-state index contributed by atoms with van der Waals surface area (Å²) >= 11 is 0. The Morgan fingerprint density at radius 2 is 1.77 bits per heavy atom. The third-order valence-electron chi connectivity index (χ3n) is 5.80. The van der Waals surface area contributed by atoms with E-state index >= 15 is 0 Å². The maximum Gasteiger partial charge on any atom is 0.248 e.